The molecule has 0 atom stereocenters. The molecular weight excluding hydrogens is 328 g/mol. The average molecular weight is 350 g/mol. The molecule has 134 valence electrons. The molecule has 0 spiro atoms. The van der Waals surface area contributed by atoms with Gasteiger partial charge >= 0.3 is 5.69 Å². The summed E-state index contributed by atoms with van der Waals surface area (Å²) in [6, 6.07) is 14.4. The van der Waals surface area contributed by atoms with Gasteiger partial charge in [-0.3, -0.25) is 13.9 Å². The molecule has 0 unspecified atom stereocenters. The third-order valence-electron chi connectivity index (χ3n) is 4.38. The number of benzene rings is 2. The van der Waals surface area contributed by atoms with Gasteiger partial charge in [0.2, 0.25) is 0 Å². The smallest absolute Gasteiger partial charge is 0.320 e. The fourth-order valence-electron chi connectivity index (χ4n) is 3.05. The molecule has 0 radical (unpaired) electrons. The van der Waals surface area contributed by atoms with Crippen LogP contribution in [0.2, 0.25) is 0 Å². The van der Waals surface area contributed by atoms with Crippen LogP contribution in [0.1, 0.15) is 19.4 Å². The van der Waals surface area contributed by atoms with Crippen LogP contribution in [0.25, 0.3) is 21.9 Å². The monoisotopic (exact) mass is 350 g/mol. The Kier molecular flexibility index (Phi) is 4.75. The first kappa shape index (κ1) is 17.7. The molecule has 0 N–H and O–H groups in total. The van der Waals surface area contributed by atoms with E-state index in [0.717, 1.165) is 15.5 Å². The lowest BCUT2D eigenvalue weighted by molar-refractivity contribution is 0.702. The van der Waals surface area contributed by atoms with Crippen LogP contribution in [0.3, 0.4) is 0 Å². The molecule has 0 saturated heterocycles. The Hall–Kier alpha value is -3.15. The summed E-state index contributed by atoms with van der Waals surface area (Å²) < 4.78 is 4.30. The maximum atomic E-state index is 12.5. The van der Waals surface area contributed by atoms with Crippen molar-refractivity contribution in [3.05, 3.63) is 75.2 Å². The van der Waals surface area contributed by atoms with Crippen molar-refractivity contribution in [2.24, 2.45) is 14.1 Å². The van der Waals surface area contributed by atoms with Gasteiger partial charge in [-0.05, 0) is 22.4 Å². The predicted molar refractivity (Wildman–Crippen MR) is 105 cm³/mol. The summed E-state index contributed by atoms with van der Waals surface area (Å²) in [6.45, 7) is 4.52. The molecule has 4 rings (SSSR count). The van der Waals surface area contributed by atoms with Crippen molar-refractivity contribution in [1.82, 2.24) is 18.7 Å². The third-order valence-corrected chi connectivity index (χ3v) is 4.38. The predicted octanol–water partition coefficient (Wildman–Crippen LogP) is 2.66. The van der Waals surface area contributed by atoms with Crippen LogP contribution in [-0.2, 0) is 20.6 Å². The fourth-order valence-corrected chi connectivity index (χ4v) is 3.05. The third kappa shape index (κ3) is 2.83. The minimum atomic E-state index is -0.372. The van der Waals surface area contributed by atoms with Crippen LogP contribution in [-0.4, -0.2) is 18.7 Å². The van der Waals surface area contributed by atoms with Crippen LogP contribution in [0, 0.1) is 0 Å². The lowest BCUT2D eigenvalue weighted by Gasteiger charge is -2.08. The number of hydrogen-bond acceptors (Lipinski definition) is 3. The lowest BCUT2D eigenvalue weighted by Crippen LogP contribution is -2.37. The van der Waals surface area contributed by atoms with Crippen molar-refractivity contribution in [2.45, 2.75) is 20.4 Å². The summed E-state index contributed by atoms with van der Waals surface area (Å²) in [6.07, 6.45) is 1.61. The Balaban J connectivity index is 0.000000948. The minimum Gasteiger partial charge on any atom is -0.320 e. The van der Waals surface area contributed by atoms with Crippen molar-refractivity contribution in [3.63, 3.8) is 0 Å². The van der Waals surface area contributed by atoms with E-state index in [1.807, 2.05) is 32.0 Å². The molecule has 4 aromatic rings. The van der Waals surface area contributed by atoms with Gasteiger partial charge in [-0.2, -0.15) is 0 Å². The summed E-state index contributed by atoms with van der Waals surface area (Å²) in [4.78, 5) is 28.7. The van der Waals surface area contributed by atoms with Crippen LogP contribution in [0.15, 0.2) is 58.4 Å². The lowest BCUT2D eigenvalue weighted by atomic mass is 10.1. The van der Waals surface area contributed by atoms with Gasteiger partial charge in [0.05, 0.1) is 6.33 Å². The standard InChI is InChI=1S/C18H16N4O2.C2H6/c1-20-16-15(17(23)21(2)18(20)24)22(11-19-16)10-12-7-8-13-5-3-4-6-14(13)9-12;1-2/h3-9,11H,10H2,1-2H3;1-2H3. The molecule has 0 aliphatic carbocycles. The second-order valence-electron chi connectivity index (χ2n) is 5.93. The molecule has 0 aliphatic heterocycles. The number of aromatic nitrogens is 4. The fraction of sp³-hybridized carbons (Fsp3) is 0.250. The summed E-state index contributed by atoms with van der Waals surface area (Å²) in [5.41, 5.74) is 1.22. The molecule has 0 bridgehead atoms. The summed E-state index contributed by atoms with van der Waals surface area (Å²) in [5.74, 6) is 0. The highest BCUT2D eigenvalue weighted by atomic mass is 16.2. The normalized spacial score (nSPS) is 10.8. The molecule has 0 amide bonds. The molecule has 0 fully saturated rings. The van der Waals surface area contributed by atoms with Crippen molar-refractivity contribution in [2.75, 3.05) is 0 Å². The summed E-state index contributed by atoms with van der Waals surface area (Å²) in [5, 5.41) is 2.33. The van der Waals surface area contributed by atoms with E-state index >= 15 is 0 Å². The van der Waals surface area contributed by atoms with Gasteiger partial charge in [0, 0.05) is 20.6 Å². The van der Waals surface area contributed by atoms with E-state index in [0.29, 0.717) is 17.7 Å². The van der Waals surface area contributed by atoms with Gasteiger partial charge in [-0.25, -0.2) is 9.78 Å². The van der Waals surface area contributed by atoms with Gasteiger partial charge in [-0.1, -0.05) is 50.2 Å². The van der Waals surface area contributed by atoms with E-state index in [2.05, 4.69) is 29.2 Å². The number of aryl methyl sites for hydroxylation is 1. The van der Waals surface area contributed by atoms with Crippen LogP contribution in [0.5, 0.6) is 0 Å². The van der Waals surface area contributed by atoms with E-state index in [1.165, 1.54) is 17.0 Å². The highest BCUT2D eigenvalue weighted by molar-refractivity contribution is 5.83. The molecule has 0 aliphatic rings. The van der Waals surface area contributed by atoms with E-state index in [1.54, 1.807) is 17.9 Å². The first-order chi connectivity index (χ1) is 12.6. The second-order valence-corrected chi connectivity index (χ2v) is 5.93. The topological polar surface area (TPSA) is 61.8 Å². The van der Waals surface area contributed by atoms with Crippen LogP contribution in [0.4, 0.5) is 0 Å². The first-order valence-corrected chi connectivity index (χ1v) is 8.65. The van der Waals surface area contributed by atoms with Gasteiger partial charge < -0.3 is 4.57 Å². The largest absolute Gasteiger partial charge is 0.332 e. The zero-order chi connectivity index (χ0) is 18.8. The van der Waals surface area contributed by atoms with E-state index in [4.69, 9.17) is 0 Å². The summed E-state index contributed by atoms with van der Waals surface area (Å²) >= 11 is 0. The average Bonchev–Trinajstić information content (AvgIpc) is 3.10. The molecular formula is C20H22N4O2. The highest BCUT2D eigenvalue weighted by Gasteiger charge is 2.14. The van der Waals surface area contributed by atoms with E-state index in [-0.39, 0.29) is 11.2 Å². The Labute approximate surface area is 151 Å². The molecule has 26 heavy (non-hydrogen) atoms. The Morgan fingerprint density at radius 3 is 2.35 bits per heavy atom. The quantitative estimate of drug-likeness (QED) is 0.558. The molecule has 6 nitrogen and oxygen atoms in total. The Morgan fingerprint density at radius 1 is 0.923 bits per heavy atom. The maximum absolute atomic E-state index is 12.5. The second kappa shape index (κ2) is 7.00. The number of fused-ring (bicyclic) bond motifs is 2. The highest BCUT2D eigenvalue weighted by Crippen LogP contribution is 2.17. The van der Waals surface area contributed by atoms with Crippen LogP contribution >= 0.6 is 0 Å². The van der Waals surface area contributed by atoms with Crippen molar-refractivity contribution in [1.29, 1.82) is 0 Å². The van der Waals surface area contributed by atoms with Gasteiger partial charge in [0.1, 0.15) is 0 Å². The van der Waals surface area contributed by atoms with E-state index < -0.39 is 0 Å². The SMILES string of the molecule is CC.Cn1c(=O)c2c(ncn2Cc2ccc3ccccc3c2)n(C)c1=O. The Morgan fingerprint density at radius 2 is 1.62 bits per heavy atom. The number of hydrogen-bond donors (Lipinski definition) is 0. The molecule has 2 aromatic carbocycles. The molecule has 0 saturated carbocycles. The van der Waals surface area contributed by atoms with Gasteiger partial charge in [-0.15, -0.1) is 0 Å². The van der Waals surface area contributed by atoms with E-state index in [9.17, 15) is 9.59 Å². The zero-order valence-electron chi connectivity index (χ0n) is 15.4. The first-order valence-electron chi connectivity index (χ1n) is 8.65. The maximum Gasteiger partial charge on any atom is 0.332 e. The number of nitrogens with zero attached hydrogens (tertiary/aromatic N) is 4. The number of imidazole rings is 1. The molecule has 6 heteroatoms. The van der Waals surface area contributed by atoms with Crippen LogP contribution < -0.4 is 11.2 Å². The summed E-state index contributed by atoms with van der Waals surface area (Å²) in [7, 11) is 3.11. The molecule has 2 heterocycles. The Bertz CT molecular complexity index is 1200. The van der Waals surface area contributed by atoms with Crippen molar-refractivity contribution >= 4 is 21.9 Å². The zero-order valence-corrected chi connectivity index (χ0v) is 15.4. The minimum absolute atomic E-state index is 0.327. The molecule has 2 aromatic heterocycles. The number of rotatable bonds is 2. The van der Waals surface area contributed by atoms with Gasteiger partial charge in [0.15, 0.2) is 11.2 Å². The van der Waals surface area contributed by atoms with Crippen molar-refractivity contribution in [3.8, 4) is 0 Å². The van der Waals surface area contributed by atoms with Crippen molar-refractivity contribution < 1.29 is 0 Å². The van der Waals surface area contributed by atoms with Gasteiger partial charge in [0.25, 0.3) is 5.56 Å².